The van der Waals surface area contributed by atoms with Crippen molar-refractivity contribution in [3.63, 3.8) is 0 Å². The fourth-order valence-electron chi connectivity index (χ4n) is 8.83. The first kappa shape index (κ1) is 45.8. The zero-order valence-corrected chi connectivity index (χ0v) is 39.2. The van der Waals surface area contributed by atoms with E-state index in [0.29, 0.717) is 29.0 Å². The lowest BCUT2D eigenvalue weighted by atomic mass is 9.80. The molecule has 0 radical (unpaired) electrons. The predicted octanol–water partition coefficient (Wildman–Crippen LogP) is 9.24. The Balaban J connectivity index is 1.16. The number of aromatic nitrogens is 4. The molecule has 0 saturated heterocycles. The van der Waals surface area contributed by atoms with Gasteiger partial charge in [0.15, 0.2) is 11.4 Å². The van der Waals surface area contributed by atoms with Gasteiger partial charge in [-0.05, 0) is 56.4 Å². The molecule has 0 saturated carbocycles. The summed E-state index contributed by atoms with van der Waals surface area (Å²) in [5.74, 6) is 1.44. The molecule has 8 rings (SSSR count). The highest BCUT2D eigenvalue weighted by Gasteiger charge is 2.50. The molecule has 0 aliphatic carbocycles. The van der Waals surface area contributed by atoms with E-state index in [-0.39, 0.29) is 37.1 Å². The van der Waals surface area contributed by atoms with Crippen LogP contribution in [0.3, 0.4) is 0 Å². The Kier molecular flexibility index (Phi) is 14.3. The maximum atomic E-state index is 13.2. The van der Waals surface area contributed by atoms with Crippen molar-refractivity contribution in [1.29, 1.82) is 0 Å². The lowest BCUT2D eigenvalue weighted by Gasteiger charge is -2.44. The van der Waals surface area contributed by atoms with Crippen molar-refractivity contribution in [2.75, 3.05) is 34.0 Å². The molecule has 0 fully saturated rings. The molecular formula is C55H56N4O6Si. The number of ether oxygens (including phenoxy) is 4. The Morgan fingerprint density at radius 3 is 1.67 bits per heavy atom. The highest BCUT2D eigenvalue weighted by atomic mass is 28.4. The number of fused-ring (bicyclic) bond motifs is 1. The molecule has 0 bridgehead atoms. The van der Waals surface area contributed by atoms with Crippen molar-refractivity contribution in [2.45, 2.75) is 50.5 Å². The first-order valence-corrected chi connectivity index (χ1v) is 24.1. The lowest BCUT2D eigenvalue weighted by Crippen LogP contribution is -2.67. The molecule has 11 heteroatoms. The third-order valence-corrected chi connectivity index (χ3v) is 17.2. The van der Waals surface area contributed by atoms with E-state index >= 15 is 0 Å². The molecule has 2 heterocycles. The molecule has 1 atom stereocenters. The van der Waals surface area contributed by atoms with Crippen LogP contribution < -0.4 is 19.8 Å². The average molecular weight is 897 g/mol. The fraction of sp³-hybridized carbons (Fsp3) is 0.236. The van der Waals surface area contributed by atoms with Crippen LogP contribution >= 0.6 is 0 Å². The van der Waals surface area contributed by atoms with Crippen LogP contribution in [0.5, 0.6) is 11.5 Å². The molecule has 2 aromatic heterocycles. The van der Waals surface area contributed by atoms with Gasteiger partial charge in [0.25, 0.3) is 8.32 Å². The maximum absolute atomic E-state index is 13.2. The molecule has 0 unspecified atom stereocenters. The van der Waals surface area contributed by atoms with Crippen molar-refractivity contribution >= 4 is 35.6 Å². The van der Waals surface area contributed by atoms with Gasteiger partial charge in [-0.3, -0.25) is 4.79 Å². The summed E-state index contributed by atoms with van der Waals surface area (Å²) in [7, 11) is 0.335. The number of rotatable bonds is 20. The third kappa shape index (κ3) is 9.61. The molecular weight excluding hydrogens is 841 g/mol. The van der Waals surface area contributed by atoms with Crippen LogP contribution in [-0.2, 0) is 32.5 Å². The van der Waals surface area contributed by atoms with Crippen molar-refractivity contribution in [3.8, 4) is 11.5 Å². The number of carbonyl (C=O) groups excluding carboxylic acids is 1. The highest BCUT2D eigenvalue weighted by molar-refractivity contribution is 6.99. The van der Waals surface area contributed by atoms with Gasteiger partial charge in [-0.15, -0.1) is 0 Å². The molecule has 8 aromatic rings. The summed E-state index contributed by atoms with van der Waals surface area (Å²) >= 11 is 0. The van der Waals surface area contributed by atoms with E-state index in [1.165, 1.54) is 16.7 Å². The van der Waals surface area contributed by atoms with E-state index in [2.05, 4.69) is 121 Å². The summed E-state index contributed by atoms with van der Waals surface area (Å²) in [5.41, 5.74) is 4.11. The van der Waals surface area contributed by atoms with Gasteiger partial charge in [0.2, 0.25) is 0 Å². The van der Waals surface area contributed by atoms with Gasteiger partial charge in [0.05, 0.1) is 52.5 Å². The molecule has 0 aliphatic heterocycles. The number of methoxy groups -OCH3 is 2. The molecule has 0 amide bonds. The Morgan fingerprint density at radius 2 is 1.14 bits per heavy atom. The first-order valence-electron chi connectivity index (χ1n) is 22.2. The Labute approximate surface area is 388 Å². The zero-order valence-electron chi connectivity index (χ0n) is 38.2. The van der Waals surface area contributed by atoms with Gasteiger partial charge < -0.3 is 27.9 Å². The maximum Gasteiger partial charge on any atom is 0.261 e. The minimum Gasteiger partial charge on any atom is -0.497 e. The fourth-order valence-corrected chi connectivity index (χ4v) is 13.4. The van der Waals surface area contributed by atoms with E-state index in [9.17, 15) is 4.79 Å². The second kappa shape index (κ2) is 20.6. The van der Waals surface area contributed by atoms with Gasteiger partial charge in [-0.25, -0.2) is 15.0 Å². The summed E-state index contributed by atoms with van der Waals surface area (Å²) in [6.07, 6.45) is 2.79. The number of nitrogens with zero attached hydrogens (tertiary/aromatic N) is 4. The highest BCUT2D eigenvalue weighted by Crippen LogP contribution is 2.42. The zero-order chi connectivity index (χ0) is 46.0. The van der Waals surface area contributed by atoms with E-state index in [1.54, 1.807) is 20.5 Å². The van der Waals surface area contributed by atoms with E-state index in [0.717, 1.165) is 28.2 Å². The number of benzene rings is 6. The average Bonchev–Trinajstić information content (AvgIpc) is 3.79. The molecule has 336 valence electrons. The van der Waals surface area contributed by atoms with E-state index in [1.807, 2.05) is 89.5 Å². The van der Waals surface area contributed by atoms with Crippen LogP contribution in [0.2, 0.25) is 5.04 Å². The monoisotopic (exact) mass is 896 g/mol. The molecule has 10 nitrogen and oxygen atoms in total. The van der Waals surface area contributed by atoms with Crippen LogP contribution in [0.1, 0.15) is 53.5 Å². The van der Waals surface area contributed by atoms with Crippen LogP contribution in [0.25, 0.3) is 11.2 Å². The van der Waals surface area contributed by atoms with Crippen molar-refractivity contribution in [2.24, 2.45) is 0 Å². The van der Waals surface area contributed by atoms with Crippen molar-refractivity contribution in [1.82, 2.24) is 19.5 Å². The van der Waals surface area contributed by atoms with Crippen LogP contribution in [0.4, 0.5) is 0 Å². The molecule has 0 aliphatic rings. The van der Waals surface area contributed by atoms with Gasteiger partial charge in [-0.1, -0.05) is 166 Å². The van der Waals surface area contributed by atoms with Crippen LogP contribution in [-0.4, -0.2) is 73.8 Å². The second-order valence-electron chi connectivity index (χ2n) is 17.2. The van der Waals surface area contributed by atoms with Gasteiger partial charge >= 0.3 is 0 Å². The molecule has 0 N–H and O–H groups in total. The Hall–Kier alpha value is -6.76. The first-order chi connectivity index (χ1) is 32.2. The van der Waals surface area contributed by atoms with E-state index in [4.69, 9.17) is 23.4 Å². The van der Waals surface area contributed by atoms with Gasteiger partial charge in [-0.2, -0.15) is 0 Å². The summed E-state index contributed by atoms with van der Waals surface area (Å²) in [6.45, 7) is 7.92. The topological polar surface area (TPSA) is 107 Å². The standard InChI is InChI=1S/C55H56N4O6Si/c1-54(2,3)66(48-22-14-8-15-23-48,49-24-16-9-17-25-49)65-38-47(63-35-34-59-40-58-52-50(56-39-57-53(52)59)36-51(60)41-18-10-6-11-19-41)37-64-55(42-20-12-7-13-21-42,43-26-30-45(61-4)31-27-43)44-28-32-46(62-5)33-29-44/h6-33,39-40,47H,34-38H2,1-5H3/t47-/m1/s1. The minimum atomic E-state index is -3.00. The van der Waals surface area contributed by atoms with E-state index < -0.39 is 20.0 Å². The minimum absolute atomic E-state index is 0.0342. The summed E-state index contributed by atoms with van der Waals surface area (Å²) in [6, 6.07) is 56.8. The number of hydrogen-bond donors (Lipinski definition) is 0. The number of ketones is 1. The van der Waals surface area contributed by atoms with Gasteiger partial charge in [0, 0.05) is 12.1 Å². The Bertz CT molecular complexity index is 2700. The van der Waals surface area contributed by atoms with Gasteiger partial charge in [0.1, 0.15) is 35.0 Å². The van der Waals surface area contributed by atoms with Crippen LogP contribution in [0, 0.1) is 0 Å². The number of Topliss-reactive ketones (excluding diaryl/α,β-unsaturated/α-hetero) is 1. The Morgan fingerprint density at radius 1 is 0.621 bits per heavy atom. The number of carbonyl (C=O) groups is 1. The third-order valence-electron chi connectivity index (χ3n) is 12.1. The smallest absolute Gasteiger partial charge is 0.261 e. The van der Waals surface area contributed by atoms with Crippen molar-refractivity contribution in [3.05, 3.63) is 210 Å². The summed E-state index contributed by atoms with van der Waals surface area (Å²) in [4.78, 5) is 27.0. The largest absolute Gasteiger partial charge is 0.497 e. The number of hydrogen-bond acceptors (Lipinski definition) is 9. The lowest BCUT2D eigenvalue weighted by molar-refractivity contribution is -0.0798. The number of imidazole rings is 1. The summed E-state index contributed by atoms with van der Waals surface area (Å²) < 4.78 is 35.1. The summed E-state index contributed by atoms with van der Waals surface area (Å²) in [5, 5.41) is 2.07. The predicted molar refractivity (Wildman–Crippen MR) is 261 cm³/mol. The molecule has 6 aromatic carbocycles. The normalized spacial score (nSPS) is 12.5. The molecule has 0 spiro atoms. The second-order valence-corrected chi connectivity index (χ2v) is 21.5. The quantitative estimate of drug-likeness (QED) is 0.0421. The van der Waals surface area contributed by atoms with Crippen LogP contribution in [0.15, 0.2) is 183 Å². The SMILES string of the molecule is COc1ccc(C(OC[C@H](CO[Si](c2ccccc2)(c2ccccc2)C(C)(C)C)OCCn2cnc3c(CC(=O)c4ccccc4)ncnc32)(c2ccccc2)c2ccc(OC)cc2)cc1. The molecule has 66 heavy (non-hydrogen) atoms. The van der Waals surface area contributed by atoms with Crippen molar-refractivity contribution < 1.29 is 28.2 Å².